The van der Waals surface area contributed by atoms with Crippen LogP contribution in [0.3, 0.4) is 0 Å². The molecule has 2 rings (SSSR count). The van der Waals surface area contributed by atoms with Crippen molar-refractivity contribution in [2.45, 2.75) is 38.5 Å². The number of amides is 2. The molecule has 5 nitrogen and oxygen atoms in total. The van der Waals surface area contributed by atoms with Crippen LogP contribution in [0.25, 0.3) is 0 Å². The van der Waals surface area contributed by atoms with Crippen LogP contribution in [-0.2, 0) is 4.79 Å². The topological polar surface area (TPSA) is 78.4 Å². The molecule has 1 fully saturated rings. The minimum Gasteiger partial charge on any atom is -0.481 e. The monoisotopic (exact) mass is 296 g/mol. The van der Waals surface area contributed by atoms with Crippen molar-refractivity contribution in [1.29, 1.82) is 0 Å². The Morgan fingerprint density at radius 2 is 1.95 bits per heavy atom. The number of carbonyl (C=O) groups excluding carboxylic acids is 1. The van der Waals surface area contributed by atoms with Gasteiger partial charge in [0, 0.05) is 11.9 Å². The molecule has 0 unspecified atom stereocenters. The van der Waals surface area contributed by atoms with E-state index in [1.165, 1.54) is 11.3 Å². The first-order chi connectivity index (χ1) is 9.62. The van der Waals surface area contributed by atoms with Crippen molar-refractivity contribution in [2.75, 3.05) is 11.9 Å². The Morgan fingerprint density at radius 1 is 1.25 bits per heavy atom. The molecule has 2 amide bonds. The summed E-state index contributed by atoms with van der Waals surface area (Å²) in [5.74, 6) is -0.796. The van der Waals surface area contributed by atoms with E-state index in [-0.39, 0.29) is 12.6 Å². The molecular formula is C14H20N2O3S. The molecule has 0 bridgehead atoms. The maximum atomic E-state index is 11.8. The van der Waals surface area contributed by atoms with E-state index in [2.05, 4.69) is 10.6 Å². The number of aliphatic carboxylic acids is 1. The van der Waals surface area contributed by atoms with Gasteiger partial charge in [-0.2, -0.15) is 11.3 Å². The first-order valence-electron chi connectivity index (χ1n) is 6.93. The van der Waals surface area contributed by atoms with Crippen LogP contribution in [0.15, 0.2) is 16.8 Å². The molecule has 0 saturated heterocycles. The number of carboxylic acid groups (broad SMARTS) is 1. The highest BCUT2D eigenvalue weighted by Gasteiger charge is 2.38. The number of thiophene rings is 1. The molecule has 0 spiro atoms. The lowest BCUT2D eigenvalue weighted by Crippen LogP contribution is -2.44. The van der Waals surface area contributed by atoms with Crippen LogP contribution in [0.1, 0.15) is 38.5 Å². The number of rotatable bonds is 4. The van der Waals surface area contributed by atoms with Crippen LogP contribution in [0.2, 0.25) is 0 Å². The van der Waals surface area contributed by atoms with Gasteiger partial charge in [0.05, 0.1) is 11.1 Å². The highest BCUT2D eigenvalue weighted by molar-refractivity contribution is 7.08. The minimum atomic E-state index is -0.803. The van der Waals surface area contributed by atoms with E-state index in [4.69, 9.17) is 0 Å². The summed E-state index contributed by atoms with van der Waals surface area (Å²) in [4.78, 5) is 23.4. The van der Waals surface area contributed by atoms with Gasteiger partial charge in [-0.3, -0.25) is 4.79 Å². The van der Waals surface area contributed by atoms with E-state index < -0.39 is 11.4 Å². The number of carboxylic acids is 1. The third-order valence-corrected chi connectivity index (χ3v) is 4.56. The van der Waals surface area contributed by atoms with Crippen molar-refractivity contribution < 1.29 is 14.7 Å². The molecule has 110 valence electrons. The number of nitrogens with one attached hydrogen (secondary N) is 2. The molecule has 0 aliphatic heterocycles. The first-order valence-corrected chi connectivity index (χ1v) is 7.87. The molecule has 1 aromatic rings. The van der Waals surface area contributed by atoms with E-state index in [1.807, 2.05) is 16.8 Å². The predicted octanol–water partition coefficient (Wildman–Crippen LogP) is 3.29. The van der Waals surface area contributed by atoms with Crippen LogP contribution < -0.4 is 10.6 Å². The summed E-state index contributed by atoms with van der Waals surface area (Å²) in [6.07, 6.45) is 5.27. The van der Waals surface area contributed by atoms with Gasteiger partial charge in [-0.25, -0.2) is 4.79 Å². The summed E-state index contributed by atoms with van der Waals surface area (Å²) < 4.78 is 0. The normalized spacial score (nSPS) is 18.0. The Hall–Kier alpha value is -1.56. The molecule has 1 heterocycles. The standard InChI is InChI=1S/C14H20N2O3S/c17-12(18)14(6-3-1-2-4-7-14)10-15-13(19)16-11-5-8-20-9-11/h5,8-9H,1-4,6-7,10H2,(H,17,18)(H2,15,16,19). The second kappa shape index (κ2) is 6.74. The number of carbonyl (C=O) groups is 2. The van der Waals surface area contributed by atoms with Crippen molar-refractivity contribution >= 4 is 29.0 Å². The second-order valence-corrected chi connectivity index (χ2v) is 6.10. The van der Waals surface area contributed by atoms with Gasteiger partial charge in [-0.1, -0.05) is 25.7 Å². The summed E-state index contributed by atoms with van der Waals surface area (Å²) in [5.41, 5.74) is -0.0691. The van der Waals surface area contributed by atoms with Crippen LogP contribution in [0, 0.1) is 5.41 Å². The zero-order valence-electron chi connectivity index (χ0n) is 11.4. The summed E-state index contributed by atoms with van der Waals surface area (Å²) >= 11 is 1.50. The van der Waals surface area contributed by atoms with Crippen molar-refractivity contribution in [1.82, 2.24) is 5.32 Å². The average Bonchev–Trinajstić information content (AvgIpc) is 2.79. The lowest BCUT2D eigenvalue weighted by Gasteiger charge is -2.28. The zero-order chi connectivity index (χ0) is 14.4. The van der Waals surface area contributed by atoms with Gasteiger partial charge in [0.2, 0.25) is 0 Å². The number of anilines is 1. The molecule has 1 aliphatic rings. The molecule has 0 radical (unpaired) electrons. The van der Waals surface area contributed by atoms with Crippen LogP contribution in [-0.4, -0.2) is 23.7 Å². The smallest absolute Gasteiger partial charge is 0.319 e. The van der Waals surface area contributed by atoms with E-state index >= 15 is 0 Å². The van der Waals surface area contributed by atoms with Crippen LogP contribution in [0.4, 0.5) is 10.5 Å². The van der Waals surface area contributed by atoms with Gasteiger partial charge >= 0.3 is 12.0 Å². The van der Waals surface area contributed by atoms with E-state index in [0.29, 0.717) is 12.8 Å². The quantitative estimate of drug-likeness (QED) is 0.746. The maximum absolute atomic E-state index is 11.8. The summed E-state index contributed by atoms with van der Waals surface area (Å²) in [6, 6.07) is 1.47. The fourth-order valence-corrected chi connectivity index (χ4v) is 3.22. The van der Waals surface area contributed by atoms with Crippen LogP contribution in [0.5, 0.6) is 0 Å². The number of hydrogen-bond donors (Lipinski definition) is 3. The molecule has 1 saturated carbocycles. The van der Waals surface area contributed by atoms with E-state index in [0.717, 1.165) is 31.4 Å². The zero-order valence-corrected chi connectivity index (χ0v) is 12.2. The number of hydrogen-bond acceptors (Lipinski definition) is 3. The summed E-state index contributed by atoms with van der Waals surface area (Å²) in [5, 5.41) is 18.6. The summed E-state index contributed by atoms with van der Waals surface area (Å²) in [7, 11) is 0. The van der Waals surface area contributed by atoms with Gasteiger partial charge in [0.1, 0.15) is 0 Å². The van der Waals surface area contributed by atoms with Crippen molar-refractivity contribution in [2.24, 2.45) is 5.41 Å². The Morgan fingerprint density at radius 3 is 2.50 bits per heavy atom. The van der Waals surface area contributed by atoms with Crippen LogP contribution >= 0.6 is 11.3 Å². The molecule has 0 atom stereocenters. The highest BCUT2D eigenvalue weighted by Crippen LogP contribution is 2.34. The fraction of sp³-hybridized carbons (Fsp3) is 0.571. The molecule has 1 aliphatic carbocycles. The Bertz CT molecular complexity index is 451. The Kier molecular flexibility index (Phi) is 5.00. The molecule has 1 aromatic heterocycles. The largest absolute Gasteiger partial charge is 0.481 e. The van der Waals surface area contributed by atoms with Gasteiger partial charge in [-0.05, 0) is 24.3 Å². The Balaban J connectivity index is 1.91. The second-order valence-electron chi connectivity index (χ2n) is 5.32. The predicted molar refractivity (Wildman–Crippen MR) is 79.1 cm³/mol. The number of urea groups is 1. The van der Waals surface area contributed by atoms with Gasteiger partial charge in [0.15, 0.2) is 0 Å². The lowest BCUT2D eigenvalue weighted by atomic mass is 9.80. The SMILES string of the molecule is O=C(NCC1(C(=O)O)CCCCCC1)Nc1ccsc1. The van der Waals surface area contributed by atoms with Gasteiger partial charge in [-0.15, -0.1) is 0 Å². The average molecular weight is 296 g/mol. The van der Waals surface area contributed by atoms with Crippen molar-refractivity contribution in [3.63, 3.8) is 0 Å². The third kappa shape index (κ3) is 3.72. The molecule has 0 aromatic carbocycles. The lowest BCUT2D eigenvalue weighted by molar-refractivity contribution is -0.149. The van der Waals surface area contributed by atoms with Crippen molar-refractivity contribution in [3.05, 3.63) is 16.8 Å². The van der Waals surface area contributed by atoms with E-state index in [9.17, 15) is 14.7 Å². The fourth-order valence-electron chi connectivity index (χ4n) is 2.63. The molecule has 20 heavy (non-hydrogen) atoms. The third-order valence-electron chi connectivity index (χ3n) is 3.88. The van der Waals surface area contributed by atoms with Gasteiger partial charge < -0.3 is 15.7 Å². The van der Waals surface area contributed by atoms with E-state index in [1.54, 1.807) is 0 Å². The van der Waals surface area contributed by atoms with Gasteiger partial charge in [0.25, 0.3) is 0 Å². The molecule has 3 N–H and O–H groups in total. The molecule has 6 heteroatoms. The maximum Gasteiger partial charge on any atom is 0.319 e. The summed E-state index contributed by atoms with van der Waals surface area (Å²) in [6.45, 7) is 0.193. The molecular weight excluding hydrogens is 276 g/mol. The van der Waals surface area contributed by atoms with Crippen molar-refractivity contribution in [3.8, 4) is 0 Å². The Labute approximate surface area is 122 Å². The first kappa shape index (κ1) is 14.8. The highest BCUT2D eigenvalue weighted by atomic mass is 32.1. The minimum absolute atomic E-state index is 0.193.